The summed E-state index contributed by atoms with van der Waals surface area (Å²) in [4.78, 5) is 39.7. The monoisotopic (exact) mass is 723 g/mol. The zero-order valence-corrected chi connectivity index (χ0v) is 30.7. The van der Waals surface area contributed by atoms with Crippen molar-refractivity contribution >= 4 is 23.3 Å². The van der Waals surface area contributed by atoms with E-state index in [4.69, 9.17) is 28.4 Å². The van der Waals surface area contributed by atoms with Crippen LogP contribution in [0.5, 0.6) is 0 Å². The van der Waals surface area contributed by atoms with Crippen molar-refractivity contribution in [3.63, 3.8) is 0 Å². The number of nitrogens with zero attached hydrogens (tertiary/aromatic N) is 4. The molecule has 0 fully saturated rings. The van der Waals surface area contributed by atoms with Gasteiger partial charge in [-0.3, -0.25) is 14.4 Å². The third-order valence-corrected chi connectivity index (χ3v) is 8.35. The summed E-state index contributed by atoms with van der Waals surface area (Å²) >= 11 is 0. The number of para-hydroxylation sites is 1. The van der Waals surface area contributed by atoms with Crippen LogP contribution in [-0.2, 0) is 55.9 Å². The zero-order chi connectivity index (χ0) is 37.0. The third-order valence-electron chi connectivity index (χ3n) is 8.35. The van der Waals surface area contributed by atoms with Crippen LogP contribution in [0, 0.1) is 5.92 Å². The Hall–Kier alpha value is -4.05. The fourth-order valence-electron chi connectivity index (χ4n) is 5.52. The van der Waals surface area contributed by atoms with Gasteiger partial charge in [0, 0.05) is 50.0 Å². The molecule has 0 bridgehead atoms. The molecule has 284 valence electrons. The fraction of sp³-hybridized carbons (Fsp3) is 0.553. The van der Waals surface area contributed by atoms with Crippen molar-refractivity contribution in [3.8, 4) is 22.5 Å². The van der Waals surface area contributed by atoms with Gasteiger partial charge in [-0.2, -0.15) is 0 Å². The molecule has 0 saturated heterocycles. The molecule has 52 heavy (non-hydrogen) atoms. The lowest BCUT2D eigenvalue weighted by Gasteiger charge is -2.28. The van der Waals surface area contributed by atoms with E-state index in [1.807, 2.05) is 67.1 Å². The van der Waals surface area contributed by atoms with Crippen LogP contribution in [0.1, 0.15) is 38.7 Å². The maximum Gasteiger partial charge on any atom is 0.227 e. The lowest BCUT2D eigenvalue weighted by Crippen LogP contribution is -2.34. The number of ketones is 1. The van der Waals surface area contributed by atoms with Crippen molar-refractivity contribution in [2.24, 2.45) is 5.92 Å². The minimum absolute atomic E-state index is 0.0346. The Balaban J connectivity index is 1.17. The molecule has 0 unspecified atom stereocenters. The second kappa shape index (κ2) is 22.8. The molecule has 1 N–H and O–H groups in total. The summed E-state index contributed by atoms with van der Waals surface area (Å²) in [5.74, 6) is -0.154. The Labute approximate surface area is 306 Å². The van der Waals surface area contributed by atoms with Gasteiger partial charge in [0.2, 0.25) is 11.8 Å². The van der Waals surface area contributed by atoms with E-state index in [-0.39, 0.29) is 36.4 Å². The lowest BCUT2D eigenvalue weighted by atomic mass is 9.95. The van der Waals surface area contributed by atoms with Crippen molar-refractivity contribution in [3.05, 3.63) is 54.1 Å². The highest BCUT2D eigenvalue weighted by Gasteiger charge is 2.29. The van der Waals surface area contributed by atoms with E-state index in [1.165, 1.54) is 0 Å². The fourth-order valence-corrected chi connectivity index (χ4v) is 5.52. The molecule has 1 aromatic heterocycles. The number of rotatable bonds is 25. The topological polar surface area (TPSA) is 153 Å². The van der Waals surface area contributed by atoms with E-state index in [9.17, 15) is 14.4 Å². The number of hydrogen-bond donors (Lipinski definition) is 1. The number of hydrogen-bond acceptors (Lipinski definition) is 11. The summed E-state index contributed by atoms with van der Waals surface area (Å²) in [6.07, 6.45) is 0.520. The first-order chi connectivity index (χ1) is 25.4. The number of ether oxygens (including phenoxy) is 6. The van der Waals surface area contributed by atoms with Crippen molar-refractivity contribution in [1.82, 2.24) is 20.3 Å². The van der Waals surface area contributed by atoms with Gasteiger partial charge < -0.3 is 38.6 Å². The molecule has 0 saturated carbocycles. The van der Waals surface area contributed by atoms with E-state index in [0.717, 1.165) is 28.1 Å². The van der Waals surface area contributed by atoms with Crippen LogP contribution < -0.4 is 10.2 Å². The minimum Gasteiger partial charge on any atom is -0.382 e. The molecular weight excluding hydrogens is 670 g/mol. The smallest absolute Gasteiger partial charge is 0.227 e. The van der Waals surface area contributed by atoms with Crippen LogP contribution in [-0.4, -0.2) is 119 Å². The molecule has 14 nitrogen and oxygen atoms in total. The lowest BCUT2D eigenvalue weighted by molar-refractivity contribution is -0.125. The first-order valence-corrected chi connectivity index (χ1v) is 18.0. The van der Waals surface area contributed by atoms with Crippen LogP contribution >= 0.6 is 0 Å². The summed E-state index contributed by atoms with van der Waals surface area (Å²) in [5.41, 5.74) is 4.96. The summed E-state index contributed by atoms with van der Waals surface area (Å²) in [7, 11) is 1.64. The Morgan fingerprint density at radius 1 is 0.731 bits per heavy atom. The quantitative estimate of drug-likeness (QED) is 0.127. The highest BCUT2D eigenvalue weighted by atomic mass is 16.6. The van der Waals surface area contributed by atoms with Crippen molar-refractivity contribution in [2.75, 3.05) is 91.2 Å². The Morgan fingerprint density at radius 3 is 2.06 bits per heavy atom. The SMILES string of the molecule is COCCOCCn1nnc2c1-c1ccccc1CN(C(=O)CCC(=O)NCCOCCOCCOCCOCCC(=O)C(C)C)c1ccccc1-2. The molecule has 2 aromatic carbocycles. The van der Waals surface area contributed by atoms with Crippen molar-refractivity contribution in [1.29, 1.82) is 0 Å². The van der Waals surface area contributed by atoms with Gasteiger partial charge in [0.15, 0.2) is 0 Å². The standard InChI is InChI=1S/C38H53N5O9/c1-29(2)34(44)14-17-48-22-24-51-26-27-52-25-23-49-18-15-39-35(45)12-13-36(46)42-28-30-8-4-5-9-31(30)38-37(32-10-6-7-11-33(32)42)40-41-43(38)16-19-50-21-20-47-3/h4-11,29H,12-28H2,1-3H3,(H,39,45). The van der Waals surface area contributed by atoms with E-state index < -0.39 is 0 Å². The van der Waals surface area contributed by atoms with Gasteiger partial charge in [0.05, 0.1) is 97.1 Å². The molecule has 0 spiro atoms. The molecule has 2 amide bonds. The second-order valence-electron chi connectivity index (χ2n) is 12.4. The maximum atomic E-state index is 13.7. The largest absolute Gasteiger partial charge is 0.382 e. The Bertz CT molecular complexity index is 1550. The molecule has 3 aromatic rings. The van der Waals surface area contributed by atoms with Gasteiger partial charge in [-0.1, -0.05) is 61.5 Å². The van der Waals surface area contributed by atoms with E-state index in [0.29, 0.717) is 104 Å². The number of carbonyl (C=O) groups is 3. The predicted octanol–water partition coefficient (Wildman–Crippen LogP) is 3.70. The van der Waals surface area contributed by atoms with E-state index in [2.05, 4.69) is 15.6 Å². The summed E-state index contributed by atoms with van der Waals surface area (Å²) < 4.78 is 34.5. The average Bonchev–Trinajstić information content (AvgIpc) is 3.56. The number of carbonyl (C=O) groups excluding carboxylic acids is 3. The number of amides is 2. The molecule has 0 aliphatic carbocycles. The molecule has 0 radical (unpaired) electrons. The molecule has 4 rings (SSSR count). The minimum atomic E-state index is -0.223. The normalized spacial score (nSPS) is 12.2. The number of aromatic nitrogens is 3. The van der Waals surface area contributed by atoms with Gasteiger partial charge in [-0.05, 0) is 11.6 Å². The number of nitrogens with one attached hydrogen (secondary N) is 1. The Morgan fingerprint density at radius 2 is 1.35 bits per heavy atom. The molecular formula is C38H53N5O9. The number of Topliss-reactive ketones (excluding diaryl/α,β-unsaturated/α-hetero) is 1. The van der Waals surface area contributed by atoms with Gasteiger partial charge in [0.25, 0.3) is 0 Å². The Kier molecular flexibility index (Phi) is 17.8. The predicted molar refractivity (Wildman–Crippen MR) is 195 cm³/mol. The first-order valence-electron chi connectivity index (χ1n) is 18.0. The van der Waals surface area contributed by atoms with Gasteiger partial charge in [0.1, 0.15) is 11.5 Å². The van der Waals surface area contributed by atoms with Crippen LogP contribution in [0.3, 0.4) is 0 Å². The summed E-state index contributed by atoms with van der Waals surface area (Å²) in [6, 6.07) is 15.6. The van der Waals surface area contributed by atoms with Crippen LogP contribution in [0.25, 0.3) is 22.5 Å². The highest BCUT2D eigenvalue weighted by Crippen LogP contribution is 2.41. The summed E-state index contributed by atoms with van der Waals surface area (Å²) in [6.45, 7) is 9.68. The number of methoxy groups -OCH3 is 1. The molecule has 14 heteroatoms. The molecule has 1 aliphatic heterocycles. The van der Waals surface area contributed by atoms with E-state index >= 15 is 0 Å². The van der Waals surface area contributed by atoms with Gasteiger partial charge in [-0.25, -0.2) is 4.68 Å². The number of fused-ring (bicyclic) bond motifs is 5. The number of anilines is 1. The number of benzene rings is 2. The maximum absolute atomic E-state index is 13.7. The van der Waals surface area contributed by atoms with Crippen LogP contribution in [0.2, 0.25) is 0 Å². The van der Waals surface area contributed by atoms with Gasteiger partial charge in [-0.15, -0.1) is 5.10 Å². The van der Waals surface area contributed by atoms with Crippen molar-refractivity contribution < 1.29 is 42.8 Å². The third kappa shape index (κ3) is 12.9. The summed E-state index contributed by atoms with van der Waals surface area (Å²) in [5, 5.41) is 11.9. The van der Waals surface area contributed by atoms with Crippen LogP contribution in [0.4, 0.5) is 5.69 Å². The zero-order valence-electron chi connectivity index (χ0n) is 30.7. The first kappa shape index (κ1) is 40.7. The molecule has 0 atom stereocenters. The van der Waals surface area contributed by atoms with Crippen molar-refractivity contribution in [2.45, 2.75) is 46.2 Å². The highest BCUT2D eigenvalue weighted by molar-refractivity contribution is 6.01. The molecule has 1 aliphatic rings. The van der Waals surface area contributed by atoms with Crippen LogP contribution in [0.15, 0.2) is 48.5 Å². The van der Waals surface area contributed by atoms with Gasteiger partial charge >= 0.3 is 0 Å². The second-order valence-corrected chi connectivity index (χ2v) is 12.4. The average molecular weight is 724 g/mol. The molecule has 2 heterocycles. The van der Waals surface area contributed by atoms with E-state index in [1.54, 1.807) is 12.0 Å².